The first-order chi connectivity index (χ1) is 10.3. The molecule has 108 valence electrons. The van der Waals surface area contributed by atoms with Gasteiger partial charge in [0, 0.05) is 31.3 Å². The van der Waals surface area contributed by atoms with Crippen molar-refractivity contribution in [3.05, 3.63) is 60.2 Å². The molecule has 3 heterocycles. The fourth-order valence-corrected chi connectivity index (χ4v) is 2.75. The fraction of sp³-hybridized carbons (Fsp3) is 0.312. The Hall–Kier alpha value is -2.27. The SMILES string of the molecule is O=C(c1cccnc1)N1CC[C@@H](O)[C@@H]1Cc1cccnc1. The first-order valence-electron chi connectivity index (χ1n) is 7.03. The number of aromatic nitrogens is 2. The van der Waals surface area contributed by atoms with Gasteiger partial charge in [0.2, 0.25) is 0 Å². The Bertz CT molecular complexity index is 603. The molecule has 5 nitrogen and oxygen atoms in total. The highest BCUT2D eigenvalue weighted by atomic mass is 16.3. The van der Waals surface area contributed by atoms with Crippen LogP contribution in [0.25, 0.3) is 0 Å². The molecule has 1 aliphatic rings. The highest BCUT2D eigenvalue weighted by Crippen LogP contribution is 2.23. The molecule has 1 amide bonds. The molecule has 0 spiro atoms. The highest BCUT2D eigenvalue weighted by molar-refractivity contribution is 5.94. The zero-order valence-corrected chi connectivity index (χ0v) is 11.6. The number of rotatable bonds is 3. The van der Waals surface area contributed by atoms with Crippen LogP contribution in [-0.4, -0.2) is 44.6 Å². The van der Waals surface area contributed by atoms with Crippen LogP contribution >= 0.6 is 0 Å². The van der Waals surface area contributed by atoms with Crippen molar-refractivity contribution in [2.45, 2.75) is 25.0 Å². The molecule has 3 rings (SSSR count). The van der Waals surface area contributed by atoms with Gasteiger partial charge >= 0.3 is 0 Å². The third-order valence-corrected chi connectivity index (χ3v) is 3.85. The number of carbonyl (C=O) groups excluding carboxylic acids is 1. The average molecular weight is 283 g/mol. The van der Waals surface area contributed by atoms with Crippen molar-refractivity contribution in [3.63, 3.8) is 0 Å². The molecule has 1 aliphatic heterocycles. The van der Waals surface area contributed by atoms with Crippen molar-refractivity contribution in [3.8, 4) is 0 Å². The summed E-state index contributed by atoms with van der Waals surface area (Å²) >= 11 is 0. The smallest absolute Gasteiger partial charge is 0.255 e. The van der Waals surface area contributed by atoms with Crippen LogP contribution in [0.3, 0.4) is 0 Å². The molecule has 0 saturated carbocycles. The van der Waals surface area contributed by atoms with Gasteiger partial charge in [0.15, 0.2) is 0 Å². The predicted molar refractivity (Wildman–Crippen MR) is 77.6 cm³/mol. The van der Waals surface area contributed by atoms with Gasteiger partial charge < -0.3 is 10.0 Å². The summed E-state index contributed by atoms with van der Waals surface area (Å²) in [6.07, 6.45) is 7.42. The molecule has 0 unspecified atom stereocenters. The van der Waals surface area contributed by atoms with Gasteiger partial charge in [0.05, 0.1) is 17.7 Å². The molecule has 0 radical (unpaired) electrons. The van der Waals surface area contributed by atoms with Crippen LogP contribution in [0.1, 0.15) is 22.3 Å². The van der Waals surface area contributed by atoms with Crippen molar-refractivity contribution >= 4 is 5.91 Å². The van der Waals surface area contributed by atoms with E-state index >= 15 is 0 Å². The number of hydrogen-bond acceptors (Lipinski definition) is 4. The van der Waals surface area contributed by atoms with Crippen LogP contribution < -0.4 is 0 Å². The zero-order valence-electron chi connectivity index (χ0n) is 11.6. The Balaban J connectivity index is 1.79. The van der Waals surface area contributed by atoms with E-state index < -0.39 is 6.10 Å². The first kappa shape index (κ1) is 13.7. The summed E-state index contributed by atoms with van der Waals surface area (Å²) in [7, 11) is 0. The lowest BCUT2D eigenvalue weighted by molar-refractivity contribution is 0.0639. The second kappa shape index (κ2) is 6.01. The minimum atomic E-state index is -0.495. The lowest BCUT2D eigenvalue weighted by Gasteiger charge is -2.26. The third-order valence-electron chi connectivity index (χ3n) is 3.85. The second-order valence-corrected chi connectivity index (χ2v) is 5.23. The standard InChI is InChI=1S/C16H17N3O2/c20-15-5-8-19(16(21)13-4-2-7-18-11-13)14(15)9-12-3-1-6-17-10-12/h1-4,6-7,10-11,14-15,20H,5,8-9H2/t14-,15+/m0/s1. The predicted octanol–water partition coefficient (Wildman–Crippen LogP) is 1.29. The molecule has 2 aromatic rings. The van der Waals surface area contributed by atoms with Gasteiger partial charge in [0.1, 0.15) is 0 Å². The molecular weight excluding hydrogens is 266 g/mol. The van der Waals surface area contributed by atoms with E-state index in [0.29, 0.717) is 24.9 Å². The molecule has 5 heteroatoms. The van der Waals surface area contributed by atoms with Gasteiger partial charge in [-0.3, -0.25) is 14.8 Å². The number of aliphatic hydroxyl groups excluding tert-OH is 1. The summed E-state index contributed by atoms with van der Waals surface area (Å²) < 4.78 is 0. The van der Waals surface area contributed by atoms with Crippen LogP contribution in [-0.2, 0) is 6.42 Å². The molecule has 1 fully saturated rings. The molecular formula is C16H17N3O2. The Labute approximate surface area is 123 Å². The summed E-state index contributed by atoms with van der Waals surface area (Å²) in [5.74, 6) is -0.0754. The zero-order chi connectivity index (χ0) is 14.7. The molecule has 0 bridgehead atoms. The Morgan fingerprint density at radius 2 is 2.00 bits per heavy atom. The Kier molecular flexibility index (Phi) is 3.92. The summed E-state index contributed by atoms with van der Waals surface area (Å²) in [4.78, 5) is 22.4. The highest BCUT2D eigenvalue weighted by Gasteiger charge is 2.36. The van der Waals surface area contributed by atoms with E-state index in [-0.39, 0.29) is 11.9 Å². The van der Waals surface area contributed by atoms with Gasteiger partial charge in [-0.25, -0.2) is 0 Å². The van der Waals surface area contributed by atoms with E-state index in [1.54, 1.807) is 41.8 Å². The van der Waals surface area contributed by atoms with Crippen molar-refractivity contribution in [1.29, 1.82) is 0 Å². The number of amides is 1. The Morgan fingerprint density at radius 3 is 2.67 bits per heavy atom. The number of nitrogens with zero attached hydrogens (tertiary/aromatic N) is 3. The first-order valence-corrected chi connectivity index (χ1v) is 7.03. The fourth-order valence-electron chi connectivity index (χ4n) is 2.75. The third kappa shape index (κ3) is 2.92. The van der Waals surface area contributed by atoms with Crippen LogP contribution in [0.2, 0.25) is 0 Å². The summed E-state index contributed by atoms with van der Waals surface area (Å²) in [5, 5.41) is 10.2. The quantitative estimate of drug-likeness (QED) is 0.922. The molecule has 0 aliphatic carbocycles. The van der Waals surface area contributed by atoms with E-state index in [1.165, 1.54) is 0 Å². The largest absolute Gasteiger partial charge is 0.391 e. The van der Waals surface area contributed by atoms with Gasteiger partial charge in [-0.1, -0.05) is 6.07 Å². The van der Waals surface area contributed by atoms with Crippen LogP contribution in [0.5, 0.6) is 0 Å². The summed E-state index contributed by atoms with van der Waals surface area (Å²) in [6, 6.07) is 7.12. The van der Waals surface area contributed by atoms with Gasteiger partial charge in [-0.05, 0) is 36.6 Å². The van der Waals surface area contributed by atoms with Crippen molar-refractivity contribution < 1.29 is 9.90 Å². The minimum absolute atomic E-state index is 0.0754. The number of pyridine rings is 2. The number of aliphatic hydroxyl groups is 1. The maximum absolute atomic E-state index is 12.6. The van der Waals surface area contributed by atoms with E-state index in [4.69, 9.17) is 0 Å². The van der Waals surface area contributed by atoms with E-state index in [0.717, 1.165) is 5.56 Å². The molecule has 2 aromatic heterocycles. The van der Waals surface area contributed by atoms with E-state index in [9.17, 15) is 9.90 Å². The lowest BCUT2D eigenvalue weighted by Crippen LogP contribution is -2.41. The summed E-state index contributed by atoms with van der Waals surface area (Å²) in [6.45, 7) is 0.569. The summed E-state index contributed by atoms with van der Waals surface area (Å²) in [5.41, 5.74) is 1.58. The van der Waals surface area contributed by atoms with Crippen LogP contribution in [0, 0.1) is 0 Å². The van der Waals surface area contributed by atoms with Gasteiger partial charge in [0.25, 0.3) is 5.91 Å². The lowest BCUT2D eigenvalue weighted by atomic mass is 10.0. The monoisotopic (exact) mass is 283 g/mol. The van der Waals surface area contributed by atoms with Gasteiger partial charge in [-0.2, -0.15) is 0 Å². The number of carbonyl (C=O) groups is 1. The van der Waals surface area contributed by atoms with Crippen molar-refractivity contribution in [2.75, 3.05) is 6.54 Å². The molecule has 1 saturated heterocycles. The maximum Gasteiger partial charge on any atom is 0.255 e. The maximum atomic E-state index is 12.6. The minimum Gasteiger partial charge on any atom is -0.391 e. The Morgan fingerprint density at radius 1 is 1.24 bits per heavy atom. The normalized spacial score (nSPS) is 21.5. The van der Waals surface area contributed by atoms with Gasteiger partial charge in [-0.15, -0.1) is 0 Å². The molecule has 2 atom stereocenters. The topological polar surface area (TPSA) is 66.3 Å². The number of hydrogen-bond donors (Lipinski definition) is 1. The van der Waals surface area contributed by atoms with Crippen LogP contribution in [0.4, 0.5) is 0 Å². The van der Waals surface area contributed by atoms with Crippen molar-refractivity contribution in [2.24, 2.45) is 0 Å². The van der Waals surface area contributed by atoms with Crippen molar-refractivity contribution in [1.82, 2.24) is 14.9 Å². The number of likely N-dealkylation sites (tertiary alicyclic amines) is 1. The van der Waals surface area contributed by atoms with Crippen LogP contribution in [0.15, 0.2) is 49.1 Å². The molecule has 1 N–H and O–H groups in total. The molecule has 0 aromatic carbocycles. The van der Waals surface area contributed by atoms with E-state index in [2.05, 4.69) is 9.97 Å². The second-order valence-electron chi connectivity index (χ2n) is 5.23. The average Bonchev–Trinajstić information content (AvgIpc) is 2.90. The van der Waals surface area contributed by atoms with E-state index in [1.807, 2.05) is 12.1 Å². The molecule has 21 heavy (non-hydrogen) atoms.